The number of carbonyl (C=O) groups excluding carboxylic acids is 6. The van der Waals surface area contributed by atoms with Crippen molar-refractivity contribution in [3.8, 4) is 0 Å². The van der Waals surface area contributed by atoms with Crippen LogP contribution in [0.5, 0.6) is 0 Å². The zero-order valence-electron chi connectivity index (χ0n) is 31.9. The van der Waals surface area contributed by atoms with Crippen molar-refractivity contribution in [1.29, 1.82) is 0 Å². The Morgan fingerprint density at radius 1 is 0.492 bits per heavy atom. The SMILES string of the molecule is C[C@H](NC(=O)[C@H](CO)NC(=O)[C@H](CCC(=O)O)NC(=O)[C@H](CCC(=O)O)NC(=O)[C@H](CCC(=O)O)NC(=O)[C@@H](N)CCC(=O)O)C(=O)N[C@@H](CCCN=C(N)N)C(=O)O. The second-order valence-electron chi connectivity index (χ2n) is 12.8. The van der Waals surface area contributed by atoms with Gasteiger partial charge < -0.3 is 79.7 Å². The number of aliphatic hydroxyl groups is 1. The van der Waals surface area contributed by atoms with Crippen LogP contribution in [-0.4, -0.2) is 157 Å². The van der Waals surface area contributed by atoms with Crippen LogP contribution in [0, 0.1) is 0 Å². The van der Waals surface area contributed by atoms with Crippen LogP contribution in [0.1, 0.15) is 71.1 Å². The summed E-state index contributed by atoms with van der Waals surface area (Å²) in [7, 11) is 0. The first-order valence-electron chi connectivity index (χ1n) is 17.8. The Bertz CT molecular complexity index is 1570. The maximum atomic E-state index is 13.4. The molecule has 18 N–H and O–H groups in total. The van der Waals surface area contributed by atoms with Crippen LogP contribution >= 0.6 is 0 Å². The van der Waals surface area contributed by atoms with E-state index in [1.165, 1.54) is 0 Å². The molecule has 0 bridgehead atoms. The van der Waals surface area contributed by atoms with E-state index >= 15 is 0 Å². The molecule has 27 heteroatoms. The Hall–Kier alpha value is -6.64. The molecule has 0 saturated carbocycles. The van der Waals surface area contributed by atoms with E-state index in [1.54, 1.807) is 0 Å². The molecule has 332 valence electrons. The lowest BCUT2D eigenvalue weighted by atomic mass is 10.0. The summed E-state index contributed by atoms with van der Waals surface area (Å²) < 4.78 is 0. The summed E-state index contributed by atoms with van der Waals surface area (Å²) in [5.41, 5.74) is 16.1. The molecule has 7 atom stereocenters. The quantitative estimate of drug-likeness (QED) is 0.0182. The zero-order valence-corrected chi connectivity index (χ0v) is 31.9. The molecule has 0 aliphatic heterocycles. The van der Waals surface area contributed by atoms with Gasteiger partial charge in [0.25, 0.3) is 0 Å². The van der Waals surface area contributed by atoms with Gasteiger partial charge >= 0.3 is 29.8 Å². The number of carbonyl (C=O) groups is 11. The van der Waals surface area contributed by atoms with Gasteiger partial charge in [0.1, 0.15) is 36.3 Å². The molecule has 0 aliphatic carbocycles. The number of rotatable bonds is 30. The van der Waals surface area contributed by atoms with Crippen molar-refractivity contribution in [3.63, 3.8) is 0 Å². The van der Waals surface area contributed by atoms with Crippen LogP contribution in [-0.2, 0) is 52.7 Å². The number of carboxylic acids is 5. The lowest BCUT2D eigenvalue weighted by Gasteiger charge is -2.26. The van der Waals surface area contributed by atoms with E-state index in [9.17, 15) is 73.2 Å². The lowest BCUT2D eigenvalue weighted by Crippen LogP contribution is -2.60. The number of aliphatic hydroxyl groups excluding tert-OH is 1. The third-order valence-electron chi connectivity index (χ3n) is 7.97. The Morgan fingerprint density at radius 3 is 1.22 bits per heavy atom. The lowest BCUT2D eigenvalue weighted by molar-refractivity contribution is -0.142. The molecule has 0 rings (SSSR count). The molecular formula is C32H52N10O17. The number of nitrogens with zero attached hydrogens (tertiary/aromatic N) is 1. The van der Waals surface area contributed by atoms with E-state index < -0.39 is 159 Å². The summed E-state index contributed by atoms with van der Waals surface area (Å²) in [6.45, 7) is 0.0876. The van der Waals surface area contributed by atoms with Gasteiger partial charge in [-0.15, -0.1) is 0 Å². The first kappa shape index (κ1) is 52.4. The fourth-order valence-corrected chi connectivity index (χ4v) is 4.75. The number of guanidine groups is 1. The van der Waals surface area contributed by atoms with Crippen molar-refractivity contribution in [2.45, 2.75) is 113 Å². The predicted molar refractivity (Wildman–Crippen MR) is 197 cm³/mol. The van der Waals surface area contributed by atoms with Crippen LogP contribution < -0.4 is 49.1 Å². The van der Waals surface area contributed by atoms with Crippen molar-refractivity contribution in [2.75, 3.05) is 13.2 Å². The number of aliphatic imine (C=N–C) groups is 1. The van der Waals surface area contributed by atoms with Crippen molar-refractivity contribution >= 4 is 71.2 Å². The highest BCUT2D eigenvalue weighted by Crippen LogP contribution is 2.08. The second-order valence-corrected chi connectivity index (χ2v) is 12.8. The van der Waals surface area contributed by atoms with Crippen LogP contribution in [0.3, 0.4) is 0 Å². The minimum absolute atomic E-state index is 0.0564. The van der Waals surface area contributed by atoms with Gasteiger partial charge in [0.15, 0.2) is 5.96 Å². The number of carboxylic acid groups (broad SMARTS) is 5. The van der Waals surface area contributed by atoms with Crippen molar-refractivity contribution in [3.05, 3.63) is 0 Å². The standard InChI is InChI=1S/C32H52N10O17/c1-14(25(52)41-19(31(58)59)3-2-12-36-32(34)35)37-30(57)20(13-43)42-29(56)18(7-11-24(50)51)40-28(55)17(6-10-23(48)49)39-27(54)16(5-9-22(46)47)38-26(53)15(33)4-8-21(44)45/h14-20,43H,2-13,33H2,1H3,(H,37,57)(H,38,53)(H,39,54)(H,40,55)(H,41,52)(H,42,56)(H,44,45)(H,46,47)(H,48,49)(H,50,51)(H,58,59)(H4,34,35,36)/t14-,15-,16-,17-,18-,19-,20-/m0/s1. The minimum Gasteiger partial charge on any atom is -0.481 e. The number of hydrogen-bond acceptors (Lipinski definition) is 14. The average Bonchev–Trinajstić information content (AvgIpc) is 3.14. The van der Waals surface area contributed by atoms with Crippen LogP contribution in [0.15, 0.2) is 4.99 Å². The molecule has 27 nitrogen and oxygen atoms in total. The van der Waals surface area contributed by atoms with E-state index in [0.717, 1.165) is 6.92 Å². The highest BCUT2D eigenvalue weighted by molar-refractivity contribution is 5.97. The monoisotopic (exact) mass is 848 g/mol. The molecule has 0 aromatic rings. The van der Waals surface area contributed by atoms with Gasteiger partial charge in [-0.1, -0.05) is 0 Å². The first-order valence-corrected chi connectivity index (χ1v) is 17.8. The van der Waals surface area contributed by atoms with Gasteiger partial charge in [0.05, 0.1) is 12.6 Å². The Labute approximate surface area is 335 Å². The summed E-state index contributed by atoms with van der Waals surface area (Å²) in [6.07, 6.45) is -5.05. The minimum atomic E-state index is -1.85. The van der Waals surface area contributed by atoms with Crippen LogP contribution in [0.4, 0.5) is 0 Å². The number of amides is 6. The molecule has 6 amide bonds. The van der Waals surface area contributed by atoms with Gasteiger partial charge in [0.2, 0.25) is 35.4 Å². The van der Waals surface area contributed by atoms with Gasteiger partial charge in [-0.05, 0) is 45.4 Å². The normalized spacial score (nSPS) is 14.2. The van der Waals surface area contributed by atoms with E-state index in [2.05, 4.69) is 36.9 Å². The molecule has 0 aromatic carbocycles. The number of nitrogens with two attached hydrogens (primary N) is 3. The maximum absolute atomic E-state index is 13.4. The maximum Gasteiger partial charge on any atom is 0.326 e. The highest BCUT2D eigenvalue weighted by atomic mass is 16.4. The van der Waals surface area contributed by atoms with E-state index in [4.69, 9.17) is 27.4 Å². The molecule has 0 saturated heterocycles. The largest absolute Gasteiger partial charge is 0.481 e. The fourth-order valence-electron chi connectivity index (χ4n) is 4.75. The summed E-state index contributed by atoms with van der Waals surface area (Å²) >= 11 is 0. The van der Waals surface area contributed by atoms with Gasteiger partial charge in [-0.25, -0.2) is 4.79 Å². The van der Waals surface area contributed by atoms with Crippen LogP contribution in [0.25, 0.3) is 0 Å². The van der Waals surface area contributed by atoms with Crippen molar-refractivity contribution < 1.29 is 83.4 Å². The molecule has 0 fully saturated rings. The molecule has 0 heterocycles. The summed E-state index contributed by atoms with van der Waals surface area (Å²) in [5, 5.41) is 68.7. The predicted octanol–water partition coefficient (Wildman–Crippen LogP) is -6.17. The molecular weight excluding hydrogens is 796 g/mol. The number of nitrogens with one attached hydrogen (secondary N) is 6. The smallest absolute Gasteiger partial charge is 0.326 e. The van der Waals surface area contributed by atoms with E-state index in [0.29, 0.717) is 0 Å². The fraction of sp³-hybridized carbons (Fsp3) is 0.625. The molecule has 0 aromatic heterocycles. The van der Waals surface area contributed by atoms with Gasteiger partial charge in [-0.3, -0.25) is 52.9 Å². The molecule has 0 radical (unpaired) electrons. The number of aliphatic carboxylic acids is 5. The Balaban J connectivity index is 6.08. The third-order valence-corrected chi connectivity index (χ3v) is 7.97. The molecule has 0 spiro atoms. The zero-order chi connectivity index (χ0) is 45.4. The van der Waals surface area contributed by atoms with Crippen molar-refractivity contribution in [1.82, 2.24) is 31.9 Å². The van der Waals surface area contributed by atoms with E-state index in [-0.39, 0.29) is 31.8 Å². The number of hydrogen-bond donors (Lipinski definition) is 15. The Morgan fingerprint density at radius 2 is 0.847 bits per heavy atom. The van der Waals surface area contributed by atoms with Gasteiger partial charge in [-0.2, -0.15) is 0 Å². The topological polar surface area (TPSA) is 472 Å². The summed E-state index contributed by atoms with van der Waals surface area (Å²) in [6, 6.07) is -11.6. The van der Waals surface area contributed by atoms with Crippen LogP contribution in [0.2, 0.25) is 0 Å². The highest BCUT2D eigenvalue weighted by Gasteiger charge is 2.33. The summed E-state index contributed by atoms with van der Waals surface area (Å²) in [4.78, 5) is 138. The molecule has 59 heavy (non-hydrogen) atoms. The second kappa shape index (κ2) is 27.1. The Kier molecular flexibility index (Phi) is 24.0. The first-order chi connectivity index (χ1) is 27.5. The average molecular weight is 849 g/mol. The third kappa shape index (κ3) is 22.6. The van der Waals surface area contributed by atoms with Gasteiger partial charge in [0, 0.05) is 32.2 Å². The molecule has 0 aliphatic rings. The molecule has 0 unspecified atom stereocenters. The van der Waals surface area contributed by atoms with Crippen molar-refractivity contribution in [2.24, 2.45) is 22.2 Å². The van der Waals surface area contributed by atoms with E-state index in [1.807, 2.05) is 0 Å². The summed E-state index contributed by atoms with van der Waals surface area (Å²) in [5.74, 6) is -14.3.